The molecule has 1 atom stereocenters. The van der Waals surface area contributed by atoms with Crippen LogP contribution in [-0.4, -0.2) is 40.9 Å². The molecule has 0 aromatic carbocycles. The zero-order chi connectivity index (χ0) is 12.5. The number of piperazine rings is 1. The van der Waals surface area contributed by atoms with E-state index >= 15 is 0 Å². The molecule has 0 bridgehead atoms. The third kappa shape index (κ3) is 2.28. The van der Waals surface area contributed by atoms with Crippen molar-refractivity contribution in [3.05, 3.63) is 16.8 Å². The molecular formula is C11H14BrN5O. The SMILES string of the molecule is C[C@H]1CN(c2n[nH]c(-c3ccc(Br)o3)n2)CCN1. The quantitative estimate of drug-likeness (QED) is 0.882. The van der Waals surface area contributed by atoms with E-state index < -0.39 is 0 Å². The van der Waals surface area contributed by atoms with E-state index in [1.54, 1.807) is 0 Å². The fraction of sp³-hybridized carbons (Fsp3) is 0.455. The fourth-order valence-electron chi connectivity index (χ4n) is 2.06. The first-order valence-corrected chi connectivity index (χ1v) is 6.68. The minimum atomic E-state index is 0.457. The van der Waals surface area contributed by atoms with Gasteiger partial charge in [-0.15, -0.1) is 5.10 Å². The second-order valence-corrected chi connectivity index (χ2v) is 5.17. The summed E-state index contributed by atoms with van der Waals surface area (Å²) < 4.78 is 6.13. The van der Waals surface area contributed by atoms with Gasteiger partial charge < -0.3 is 14.6 Å². The number of nitrogens with one attached hydrogen (secondary N) is 2. The van der Waals surface area contributed by atoms with Gasteiger partial charge in [-0.1, -0.05) is 0 Å². The van der Waals surface area contributed by atoms with E-state index in [2.05, 4.69) is 48.3 Å². The third-order valence-corrected chi connectivity index (χ3v) is 3.36. The van der Waals surface area contributed by atoms with E-state index in [4.69, 9.17) is 4.42 Å². The summed E-state index contributed by atoms with van der Waals surface area (Å²) in [6, 6.07) is 4.15. The van der Waals surface area contributed by atoms with Gasteiger partial charge in [-0.3, -0.25) is 5.10 Å². The Hall–Kier alpha value is -1.34. The highest BCUT2D eigenvalue weighted by molar-refractivity contribution is 9.10. The van der Waals surface area contributed by atoms with Gasteiger partial charge in [-0.05, 0) is 35.0 Å². The maximum atomic E-state index is 5.44. The van der Waals surface area contributed by atoms with Crippen molar-refractivity contribution in [1.29, 1.82) is 0 Å². The number of rotatable bonds is 2. The predicted octanol–water partition coefficient (Wildman–Crippen LogP) is 1.63. The van der Waals surface area contributed by atoms with Crippen molar-refractivity contribution in [2.75, 3.05) is 24.5 Å². The summed E-state index contributed by atoms with van der Waals surface area (Å²) >= 11 is 3.27. The highest BCUT2D eigenvalue weighted by Crippen LogP contribution is 2.23. The number of hydrogen-bond donors (Lipinski definition) is 2. The van der Waals surface area contributed by atoms with E-state index in [0.29, 0.717) is 22.3 Å². The molecule has 3 heterocycles. The van der Waals surface area contributed by atoms with Crippen molar-refractivity contribution in [2.24, 2.45) is 0 Å². The Bertz CT molecular complexity index is 537. The lowest BCUT2D eigenvalue weighted by Gasteiger charge is -2.30. The molecule has 1 saturated heterocycles. The molecule has 0 amide bonds. The summed E-state index contributed by atoms with van der Waals surface area (Å²) in [6.07, 6.45) is 0. The van der Waals surface area contributed by atoms with E-state index in [1.165, 1.54) is 0 Å². The average Bonchev–Trinajstić information content (AvgIpc) is 2.97. The molecule has 6 nitrogen and oxygen atoms in total. The van der Waals surface area contributed by atoms with Gasteiger partial charge in [0, 0.05) is 25.7 Å². The van der Waals surface area contributed by atoms with E-state index in [0.717, 1.165) is 25.6 Å². The van der Waals surface area contributed by atoms with Crippen molar-refractivity contribution in [3.63, 3.8) is 0 Å². The molecule has 7 heteroatoms. The van der Waals surface area contributed by atoms with Crippen molar-refractivity contribution < 1.29 is 4.42 Å². The number of nitrogens with zero attached hydrogens (tertiary/aromatic N) is 3. The molecule has 2 N–H and O–H groups in total. The number of H-pyrrole nitrogens is 1. The molecule has 96 valence electrons. The number of aromatic nitrogens is 3. The summed E-state index contributed by atoms with van der Waals surface area (Å²) in [7, 11) is 0. The van der Waals surface area contributed by atoms with Crippen LogP contribution in [0, 0.1) is 0 Å². The zero-order valence-electron chi connectivity index (χ0n) is 9.98. The minimum absolute atomic E-state index is 0.457. The minimum Gasteiger partial charge on any atom is -0.446 e. The highest BCUT2D eigenvalue weighted by Gasteiger charge is 2.20. The Labute approximate surface area is 113 Å². The topological polar surface area (TPSA) is 70.0 Å². The van der Waals surface area contributed by atoms with Crippen LogP contribution in [0.25, 0.3) is 11.6 Å². The maximum Gasteiger partial charge on any atom is 0.245 e. The Kier molecular flexibility index (Phi) is 3.09. The molecule has 0 aliphatic carbocycles. The van der Waals surface area contributed by atoms with Gasteiger partial charge in [-0.2, -0.15) is 4.98 Å². The molecule has 0 spiro atoms. The monoisotopic (exact) mass is 311 g/mol. The van der Waals surface area contributed by atoms with Crippen molar-refractivity contribution in [1.82, 2.24) is 20.5 Å². The van der Waals surface area contributed by atoms with Crippen LogP contribution in [0.1, 0.15) is 6.92 Å². The first kappa shape index (κ1) is 11.7. The molecule has 0 saturated carbocycles. The highest BCUT2D eigenvalue weighted by atomic mass is 79.9. The van der Waals surface area contributed by atoms with Gasteiger partial charge in [-0.25, -0.2) is 0 Å². The number of halogens is 1. The van der Waals surface area contributed by atoms with Gasteiger partial charge in [0.1, 0.15) is 0 Å². The Balaban J connectivity index is 1.80. The Morgan fingerprint density at radius 1 is 1.50 bits per heavy atom. The van der Waals surface area contributed by atoms with Crippen LogP contribution >= 0.6 is 15.9 Å². The third-order valence-electron chi connectivity index (χ3n) is 2.93. The van der Waals surface area contributed by atoms with Gasteiger partial charge in [0.25, 0.3) is 0 Å². The predicted molar refractivity (Wildman–Crippen MR) is 71.5 cm³/mol. The molecular weight excluding hydrogens is 298 g/mol. The number of furan rings is 1. The smallest absolute Gasteiger partial charge is 0.245 e. The van der Waals surface area contributed by atoms with Crippen LogP contribution in [0.5, 0.6) is 0 Å². The Morgan fingerprint density at radius 3 is 3.11 bits per heavy atom. The zero-order valence-corrected chi connectivity index (χ0v) is 11.6. The number of aromatic amines is 1. The molecule has 18 heavy (non-hydrogen) atoms. The summed E-state index contributed by atoms with van der Waals surface area (Å²) in [5.41, 5.74) is 0. The van der Waals surface area contributed by atoms with E-state index in [-0.39, 0.29) is 0 Å². The van der Waals surface area contributed by atoms with Crippen molar-refractivity contribution >= 4 is 21.9 Å². The lowest BCUT2D eigenvalue weighted by atomic mass is 10.2. The summed E-state index contributed by atoms with van der Waals surface area (Å²) in [5, 5.41) is 10.5. The van der Waals surface area contributed by atoms with Gasteiger partial charge in [0.15, 0.2) is 16.3 Å². The lowest BCUT2D eigenvalue weighted by molar-refractivity contribution is 0.480. The van der Waals surface area contributed by atoms with Crippen LogP contribution in [0.3, 0.4) is 0 Å². The largest absolute Gasteiger partial charge is 0.446 e. The van der Waals surface area contributed by atoms with Gasteiger partial charge >= 0.3 is 0 Å². The van der Waals surface area contributed by atoms with Gasteiger partial charge in [0.2, 0.25) is 5.95 Å². The molecule has 1 aliphatic rings. The molecule has 3 rings (SSSR count). The Morgan fingerprint density at radius 2 is 2.39 bits per heavy atom. The second-order valence-electron chi connectivity index (χ2n) is 4.39. The molecule has 1 aliphatic heterocycles. The maximum absolute atomic E-state index is 5.44. The van der Waals surface area contributed by atoms with Crippen LogP contribution in [0.4, 0.5) is 5.95 Å². The van der Waals surface area contributed by atoms with Gasteiger partial charge in [0.05, 0.1) is 0 Å². The standard InChI is InChI=1S/C11H14BrN5O/c1-7-6-17(5-4-13-7)11-14-10(15-16-11)8-2-3-9(12)18-8/h2-3,7,13H,4-6H2,1H3,(H,14,15,16)/t7-/m0/s1. The average molecular weight is 312 g/mol. The van der Waals surface area contributed by atoms with Crippen LogP contribution < -0.4 is 10.2 Å². The summed E-state index contributed by atoms with van der Waals surface area (Å²) in [6.45, 7) is 4.95. The normalized spacial score (nSPS) is 20.3. The van der Waals surface area contributed by atoms with E-state index in [1.807, 2.05) is 12.1 Å². The van der Waals surface area contributed by atoms with Crippen molar-refractivity contribution in [3.8, 4) is 11.6 Å². The first-order chi connectivity index (χ1) is 8.72. The number of hydrogen-bond acceptors (Lipinski definition) is 5. The molecule has 0 unspecified atom stereocenters. The second kappa shape index (κ2) is 4.74. The van der Waals surface area contributed by atoms with Crippen LogP contribution in [0.15, 0.2) is 21.2 Å². The summed E-state index contributed by atoms with van der Waals surface area (Å²) in [4.78, 5) is 6.63. The number of anilines is 1. The van der Waals surface area contributed by atoms with Crippen LogP contribution in [0.2, 0.25) is 0 Å². The molecule has 1 fully saturated rings. The molecule has 0 radical (unpaired) electrons. The first-order valence-electron chi connectivity index (χ1n) is 5.89. The fourth-order valence-corrected chi connectivity index (χ4v) is 2.37. The van der Waals surface area contributed by atoms with Crippen molar-refractivity contribution in [2.45, 2.75) is 13.0 Å². The van der Waals surface area contributed by atoms with E-state index in [9.17, 15) is 0 Å². The molecule has 2 aromatic rings. The lowest BCUT2D eigenvalue weighted by Crippen LogP contribution is -2.49. The van der Waals surface area contributed by atoms with Crippen LogP contribution in [-0.2, 0) is 0 Å². The summed E-state index contributed by atoms with van der Waals surface area (Å²) in [5.74, 6) is 2.07. The molecule has 2 aromatic heterocycles.